The summed E-state index contributed by atoms with van der Waals surface area (Å²) in [6.07, 6.45) is 3.03. The first-order valence-corrected chi connectivity index (χ1v) is 6.76. The summed E-state index contributed by atoms with van der Waals surface area (Å²) < 4.78 is 24.6. The average Bonchev–Trinajstić information content (AvgIpc) is 2.40. The smallest absolute Gasteiger partial charge is 0.183 e. The van der Waals surface area contributed by atoms with E-state index in [2.05, 4.69) is 6.92 Å². The largest absolute Gasteiger partial charge is 0.348 e. The molecule has 0 saturated carbocycles. The van der Waals surface area contributed by atoms with Crippen molar-refractivity contribution >= 4 is 11.6 Å². The van der Waals surface area contributed by atoms with Crippen LogP contribution < -0.4 is 0 Å². The van der Waals surface area contributed by atoms with Crippen LogP contribution in [0.1, 0.15) is 38.0 Å². The zero-order valence-electron chi connectivity index (χ0n) is 10.5. The zero-order valence-corrected chi connectivity index (χ0v) is 11.3. The molecule has 0 bridgehead atoms. The predicted octanol–water partition coefficient (Wildman–Crippen LogP) is 4.33. The molecule has 1 aromatic rings. The van der Waals surface area contributed by atoms with E-state index in [9.17, 15) is 4.39 Å². The Labute approximate surface area is 112 Å². The molecule has 1 heterocycles. The minimum Gasteiger partial charge on any atom is -0.348 e. The molecule has 0 aromatic heterocycles. The summed E-state index contributed by atoms with van der Waals surface area (Å²) in [5.74, 6) is 0.0211. The van der Waals surface area contributed by atoms with Gasteiger partial charge >= 0.3 is 0 Å². The fourth-order valence-corrected chi connectivity index (χ4v) is 2.17. The van der Waals surface area contributed by atoms with Crippen LogP contribution in [0, 0.1) is 11.7 Å². The highest BCUT2D eigenvalue weighted by molar-refractivity contribution is 6.30. The molecule has 0 N–H and O–H groups in total. The number of unbranched alkanes of at least 4 members (excludes halogenated alkanes) is 1. The van der Waals surface area contributed by atoms with Crippen LogP contribution in [0.25, 0.3) is 0 Å². The van der Waals surface area contributed by atoms with Gasteiger partial charge in [0.1, 0.15) is 5.82 Å². The lowest BCUT2D eigenvalue weighted by Gasteiger charge is -2.29. The van der Waals surface area contributed by atoms with Crippen LogP contribution in [-0.2, 0) is 9.47 Å². The minimum atomic E-state index is -0.463. The van der Waals surface area contributed by atoms with Crippen molar-refractivity contribution in [2.45, 2.75) is 32.5 Å². The summed E-state index contributed by atoms with van der Waals surface area (Å²) in [4.78, 5) is 0. The minimum absolute atomic E-state index is 0.121. The van der Waals surface area contributed by atoms with Gasteiger partial charge in [-0.1, -0.05) is 37.4 Å². The molecule has 1 saturated heterocycles. The fourth-order valence-electron chi connectivity index (χ4n) is 2.05. The summed E-state index contributed by atoms with van der Waals surface area (Å²) >= 11 is 5.64. The number of ether oxygens (including phenoxy) is 2. The Morgan fingerprint density at radius 1 is 1.33 bits per heavy atom. The van der Waals surface area contributed by atoms with Crippen molar-refractivity contribution in [1.29, 1.82) is 0 Å². The van der Waals surface area contributed by atoms with E-state index < -0.39 is 12.1 Å². The van der Waals surface area contributed by atoms with Crippen molar-refractivity contribution in [3.8, 4) is 0 Å². The van der Waals surface area contributed by atoms with Crippen LogP contribution in [0.2, 0.25) is 5.02 Å². The van der Waals surface area contributed by atoms with Crippen LogP contribution in [0.3, 0.4) is 0 Å². The Morgan fingerprint density at radius 3 is 2.67 bits per heavy atom. The summed E-state index contributed by atoms with van der Waals surface area (Å²) in [6.45, 7) is 3.52. The molecule has 1 fully saturated rings. The molecule has 18 heavy (non-hydrogen) atoms. The lowest BCUT2D eigenvalue weighted by molar-refractivity contribution is -0.206. The summed E-state index contributed by atoms with van der Waals surface area (Å²) in [6, 6.07) is 4.64. The number of hydrogen-bond donors (Lipinski definition) is 0. The Bertz CT molecular complexity index is 389. The summed E-state index contributed by atoms with van der Waals surface area (Å²) in [5.41, 5.74) is 0.686. The standard InChI is InChI=1S/C14H18ClFO2/c1-2-3-4-10-8-17-14(18-9-10)11-5-6-12(15)13(16)7-11/h5-7,10,14H,2-4,8-9H2,1H3. The van der Waals surface area contributed by atoms with Gasteiger partial charge in [-0.15, -0.1) is 0 Å². The molecule has 1 aromatic carbocycles. The number of rotatable bonds is 4. The van der Waals surface area contributed by atoms with Crippen LogP contribution >= 0.6 is 11.6 Å². The quantitative estimate of drug-likeness (QED) is 0.812. The van der Waals surface area contributed by atoms with Crippen LogP contribution in [-0.4, -0.2) is 13.2 Å². The number of hydrogen-bond acceptors (Lipinski definition) is 2. The van der Waals surface area contributed by atoms with Gasteiger partial charge in [-0.3, -0.25) is 0 Å². The van der Waals surface area contributed by atoms with Gasteiger partial charge in [0.05, 0.1) is 18.2 Å². The van der Waals surface area contributed by atoms with E-state index in [1.807, 2.05) is 0 Å². The third-order valence-corrected chi connectivity index (χ3v) is 3.45. The maximum Gasteiger partial charge on any atom is 0.183 e. The number of halogens is 2. The van der Waals surface area contributed by atoms with Crippen molar-refractivity contribution in [2.24, 2.45) is 5.92 Å². The van der Waals surface area contributed by atoms with Gasteiger partial charge in [-0.2, -0.15) is 0 Å². The average molecular weight is 273 g/mol. The van der Waals surface area contributed by atoms with E-state index in [0.717, 1.165) is 6.42 Å². The lowest BCUT2D eigenvalue weighted by Crippen LogP contribution is -2.27. The first kappa shape index (κ1) is 13.8. The van der Waals surface area contributed by atoms with Crippen molar-refractivity contribution < 1.29 is 13.9 Å². The zero-order chi connectivity index (χ0) is 13.0. The van der Waals surface area contributed by atoms with Gasteiger partial charge in [0.2, 0.25) is 0 Å². The molecule has 1 aliphatic rings. The third-order valence-electron chi connectivity index (χ3n) is 3.15. The Kier molecular flexibility index (Phi) is 4.98. The van der Waals surface area contributed by atoms with Crippen molar-refractivity contribution in [2.75, 3.05) is 13.2 Å². The van der Waals surface area contributed by atoms with Gasteiger partial charge in [-0.05, 0) is 18.6 Å². The van der Waals surface area contributed by atoms with E-state index in [-0.39, 0.29) is 5.02 Å². The highest BCUT2D eigenvalue weighted by atomic mass is 35.5. The predicted molar refractivity (Wildman–Crippen MR) is 69.1 cm³/mol. The molecule has 100 valence electrons. The Morgan fingerprint density at radius 2 is 2.06 bits per heavy atom. The molecule has 4 heteroatoms. The topological polar surface area (TPSA) is 18.5 Å². The lowest BCUT2D eigenvalue weighted by atomic mass is 10.0. The van der Waals surface area contributed by atoms with E-state index >= 15 is 0 Å². The second kappa shape index (κ2) is 6.50. The molecule has 0 amide bonds. The van der Waals surface area contributed by atoms with Crippen molar-refractivity contribution in [3.05, 3.63) is 34.6 Å². The van der Waals surface area contributed by atoms with Crippen LogP contribution in [0.15, 0.2) is 18.2 Å². The molecular formula is C14H18ClFO2. The molecule has 2 rings (SSSR count). The SMILES string of the molecule is CCCCC1COC(c2ccc(Cl)c(F)c2)OC1. The molecule has 0 aliphatic carbocycles. The van der Waals surface area contributed by atoms with Gasteiger partial charge < -0.3 is 9.47 Å². The van der Waals surface area contributed by atoms with Crippen molar-refractivity contribution in [1.82, 2.24) is 0 Å². The maximum atomic E-state index is 13.3. The van der Waals surface area contributed by atoms with Crippen molar-refractivity contribution in [3.63, 3.8) is 0 Å². The van der Waals surface area contributed by atoms with E-state index in [4.69, 9.17) is 21.1 Å². The summed E-state index contributed by atoms with van der Waals surface area (Å²) in [5, 5.41) is 0.121. The van der Waals surface area contributed by atoms with Gasteiger partial charge in [-0.25, -0.2) is 4.39 Å². The first-order valence-electron chi connectivity index (χ1n) is 6.39. The molecule has 0 atom stereocenters. The fraction of sp³-hybridized carbons (Fsp3) is 0.571. The van der Waals surface area contributed by atoms with E-state index in [0.29, 0.717) is 24.7 Å². The van der Waals surface area contributed by atoms with E-state index in [1.54, 1.807) is 6.07 Å². The molecule has 2 nitrogen and oxygen atoms in total. The third kappa shape index (κ3) is 3.44. The molecule has 0 unspecified atom stereocenters. The Balaban J connectivity index is 1.90. The molecular weight excluding hydrogens is 255 g/mol. The van der Waals surface area contributed by atoms with Crippen LogP contribution in [0.4, 0.5) is 4.39 Å². The normalized spacial score (nSPS) is 24.2. The summed E-state index contributed by atoms with van der Waals surface area (Å²) in [7, 11) is 0. The molecule has 0 radical (unpaired) electrons. The molecule has 0 spiro atoms. The van der Waals surface area contributed by atoms with E-state index in [1.165, 1.54) is 25.0 Å². The molecule has 1 aliphatic heterocycles. The second-order valence-electron chi connectivity index (χ2n) is 4.68. The monoisotopic (exact) mass is 272 g/mol. The Hall–Kier alpha value is -0.640. The maximum absolute atomic E-state index is 13.3. The van der Waals surface area contributed by atoms with Gasteiger partial charge in [0, 0.05) is 11.5 Å². The highest BCUT2D eigenvalue weighted by Crippen LogP contribution is 2.28. The first-order chi connectivity index (χ1) is 8.70. The van der Waals surface area contributed by atoms with Gasteiger partial charge in [0.25, 0.3) is 0 Å². The van der Waals surface area contributed by atoms with Crippen LogP contribution in [0.5, 0.6) is 0 Å². The second-order valence-corrected chi connectivity index (χ2v) is 5.09. The number of benzene rings is 1. The highest BCUT2D eigenvalue weighted by Gasteiger charge is 2.23. The van der Waals surface area contributed by atoms with Gasteiger partial charge in [0.15, 0.2) is 6.29 Å².